The number of aromatic nitrogens is 1. The molecule has 1 aliphatic rings. The maximum Gasteiger partial charge on any atom is 0.270 e. The average molecular weight is 365 g/mol. The third-order valence-electron chi connectivity index (χ3n) is 4.71. The van der Waals surface area contributed by atoms with Gasteiger partial charge in [-0.2, -0.15) is 5.26 Å². The fourth-order valence-corrected chi connectivity index (χ4v) is 3.18. The molecule has 27 heavy (non-hydrogen) atoms. The van der Waals surface area contributed by atoms with E-state index >= 15 is 0 Å². The van der Waals surface area contributed by atoms with Crippen LogP contribution in [0.25, 0.3) is 5.69 Å². The summed E-state index contributed by atoms with van der Waals surface area (Å²) in [5, 5.41) is 15.0. The first-order chi connectivity index (χ1) is 13.0. The molecule has 7 heteroatoms. The second kappa shape index (κ2) is 7.96. The van der Waals surface area contributed by atoms with Gasteiger partial charge in [0, 0.05) is 38.2 Å². The van der Waals surface area contributed by atoms with E-state index in [9.17, 15) is 14.9 Å². The molecule has 1 aliphatic heterocycles. The van der Waals surface area contributed by atoms with Gasteiger partial charge in [0.05, 0.1) is 5.56 Å². The van der Waals surface area contributed by atoms with Crippen molar-refractivity contribution in [3.05, 3.63) is 47.8 Å². The molecule has 2 aromatic rings. The van der Waals surface area contributed by atoms with Crippen LogP contribution in [-0.4, -0.2) is 43.1 Å². The van der Waals surface area contributed by atoms with Crippen LogP contribution in [0.5, 0.6) is 0 Å². The van der Waals surface area contributed by atoms with E-state index in [1.807, 2.05) is 43.3 Å². The summed E-state index contributed by atoms with van der Waals surface area (Å²) in [5.41, 5.74) is 2.33. The molecule has 3 rings (SSSR count). The van der Waals surface area contributed by atoms with Gasteiger partial charge >= 0.3 is 0 Å². The molecule has 140 valence electrons. The van der Waals surface area contributed by atoms with Crippen molar-refractivity contribution < 1.29 is 9.59 Å². The summed E-state index contributed by atoms with van der Waals surface area (Å²) in [6, 6.07) is 10.8. The number of hydrogen-bond donors (Lipinski definition) is 2. The Morgan fingerprint density at radius 3 is 2.67 bits per heavy atom. The Balaban J connectivity index is 1.90. The second-order valence-corrected chi connectivity index (χ2v) is 6.78. The van der Waals surface area contributed by atoms with E-state index in [0.717, 1.165) is 24.2 Å². The molecule has 2 N–H and O–H groups in total. The van der Waals surface area contributed by atoms with Gasteiger partial charge in [0.25, 0.3) is 5.91 Å². The number of rotatable bonds is 4. The number of carbonyl (C=O) groups is 2. The molecule has 7 nitrogen and oxygen atoms in total. The second-order valence-electron chi connectivity index (χ2n) is 6.78. The van der Waals surface area contributed by atoms with E-state index in [2.05, 4.69) is 16.7 Å². The molecular formula is C20H23N5O2. The lowest BCUT2D eigenvalue weighted by atomic mass is 10.1. The number of nitriles is 1. The van der Waals surface area contributed by atoms with Gasteiger partial charge in [-0.05, 0) is 49.6 Å². The summed E-state index contributed by atoms with van der Waals surface area (Å²) in [7, 11) is 3.91. The summed E-state index contributed by atoms with van der Waals surface area (Å²) < 4.78 is 1.68. The number of nitrogens with one attached hydrogen (secondary N) is 2. The number of anilines is 1. The number of hydrogen-bond acceptors (Lipinski definition) is 4. The van der Waals surface area contributed by atoms with Crippen molar-refractivity contribution in [2.45, 2.75) is 25.3 Å². The lowest BCUT2D eigenvalue weighted by Crippen LogP contribution is -2.46. The predicted molar refractivity (Wildman–Crippen MR) is 103 cm³/mol. The highest BCUT2D eigenvalue weighted by molar-refractivity contribution is 5.98. The Labute approximate surface area is 158 Å². The molecule has 1 atom stereocenters. The van der Waals surface area contributed by atoms with Crippen LogP contribution in [-0.2, 0) is 4.79 Å². The van der Waals surface area contributed by atoms with Crippen LogP contribution in [0, 0.1) is 11.3 Å². The summed E-state index contributed by atoms with van der Waals surface area (Å²) in [5.74, 6) is -0.594. The Morgan fingerprint density at radius 1 is 1.26 bits per heavy atom. The largest absolute Gasteiger partial charge is 0.378 e. The molecule has 2 amide bonds. The minimum Gasteiger partial charge on any atom is -0.378 e. The van der Waals surface area contributed by atoms with E-state index in [-0.39, 0.29) is 17.2 Å². The van der Waals surface area contributed by atoms with Gasteiger partial charge in [-0.15, -0.1) is 0 Å². The van der Waals surface area contributed by atoms with Crippen LogP contribution in [0.3, 0.4) is 0 Å². The number of benzene rings is 1. The van der Waals surface area contributed by atoms with Crippen molar-refractivity contribution in [1.82, 2.24) is 15.2 Å². The minimum atomic E-state index is -0.578. The molecule has 0 aliphatic carbocycles. The molecule has 0 spiro atoms. The molecule has 1 aromatic carbocycles. The van der Waals surface area contributed by atoms with Crippen molar-refractivity contribution in [3.8, 4) is 11.8 Å². The van der Waals surface area contributed by atoms with Crippen molar-refractivity contribution in [2.75, 3.05) is 25.5 Å². The number of carbonyl (C=O) groups excluding carboxylic acids is 2. The molecule has 1 unspecified atom stereocenters. The zero-order valence-corrected chi connectivity index (χ0v) is 15.5. The molecule has 1 saturated heterocycles. The van der Waals surface area contributed by atoms with Crippen LogP contribution in [0.1, 0.15) is 35.3 Å². The maximum atomic E-state index is 12.9. The Hall–Kier alpha value is -3.27. The van der Waals surface area contributed by atoms with Crippen LogP contribution < -0.4 is 15.5 Å². The van der Waals surface area contributed by atoms with Gasteiger partial charge in [-0.25, -0.2) is 0 Å². The van der Waals surface area contributed by atoms with E-state index in [1.54, 1.807) is 16.8 Å². The summed E-state index contributed by atoms with van der Waals surface area (Å²) in [6.45, 7) is 0.628. The van der Waals surface area contributed by atoms with E-state index in [4.69, 9.17) is 0 Å². The highest BCUT2D eigenvalue weighted by Crippen LogP contribution is 2.20. The van der Waals surface area contributed by atoms with Gasteiger partial charge in [-0.1, -0.05) is 0 Å². The predicted octanol–water partition coefficient (Wildman–Crippen LogP) is 1.81. The van der Waals surface area contributed by atoms with Gasteiger partial charge in [0.2, 0.25) is 5.91 Å². The first kappa shape index (κ1) is 18.5. The smallest absolute Gasteiger partial charge is 0.270 e. The van der Waals surface area contributed by atoms with Crippen molar-refractivity contribution in [1.29, 1.82) is 5.26 Å². The normalized spacial score (nSPS) is 16.8. The van der Waals surface area contributed by atoms with Crippen molar-refractivity contribution in [2.24, 2.45) is 0 Å². The summed E-state index contributed by atoms with van der Waals surface area (Å²) >= 11 is 0. The quantitative estimate of drug-likeness (QED) is 0.865. The van der Waals surface area contributed by atoms with Gasteiger partial charge < -0.3 is 20.1 Å². The zero-order valence-electron chi connectivity index (χ0n) is 15.5. The first-order valence-corrected chi connectivity index (χ1v) is 8.99. The standard InChI is InChI=1S/C20H23N5O2/c1-24(2)15-6-8-16(9-7-15)25-12-10-14(13-21)18(25)20(27)23-17-5-3-4-11-22-19(17)26/h6-10,12,17H,3-5,11H2,1-2H3,(H,22,26)(H,23,27). The molecule has 1 aromatic heterocycles. The van der Waals surface area contributed by atoms with Crippen LogP contribution >= 0.6 is 0 Å². The lowest BCUT2D eigenvalue weighted by molar-refractivity contribution is -0.122. The Kier molecular flexibility index (Phi) is 5.46. The zero-order chi connectivity index (χ0) is 19.4. The third-order valence-corrected chi connectivity index (χ3v) is 4.71. The molecule has 1 fully saturated rings. The van der Waals surface area contributed by atoms with Gasteiger partial charge in [0.1, 0.15) is 17.8 Å². The molecular weight excluding hydrogens is 342 g/mol. The maximum absolute atomic E-state index is 12.9. The monoisotopic (exact) mass is 365 g/mol. The topological polar surface area (TPSA) is 90.2 Å². The van der Waals surface area contributed by atoms with E-state index < -0.39 is 11.9 Å². The first-order valence-electron chi connectivity index (χ1n) is 8.99. The Bertz CT molecular complexity index is 877. The van der Waals surface area contributed by atoms with Crippen LogP contribution in [0.2, 0.25) is 0 Å². The van der Waals surface area contributed by atoms with Gasteiger partial charge in [0.15, 0.2) is 0 Å². The van der Waals surface area contributed by atoms with E-state index in [1.165, 1.54) is 0 Å². The third kappa shape index (κ3) is 3.95. The molecule has 2 heterocycles. The van der Waals surface area contributed by atoms with Crippen molar-refractivity contribution >= 4 is 17.5 Å². The SMILES string of the molecule is CN(C)c1ccc(-n2ccc(C#N)c2C(=O)NC2CCCCNC2=O)cc1. The molecule has 0 saturated carbocycles. The number of amides is 2. The fraction of sp³-hybridized carbons (Fsp3) is 0.350. The van der Waals surface area contributed by atoms with Crippen LogP contribution in [0.15, 0.2) is 36.5 Å². The van der Waals surface area contributed by atoms with Crippen LogP contribution in [0.4, 0.5) is 5.69 Å². The molecule has 0 radical (unpaired) electrons. The molecule has 0 bridgehead atoms. The Morgan fingerprint density at radius 2 is 2.00 bits per heavy atom. The van der Waals surface area contributed by atoms with Crippen molar-refractivity contribution in [3.63, 3.8) is 0 Å². The van der Waals surface area contributed by atoms with Gasteiger partial charge in [-0.3, -0.25) is 9.59 Å². The summed E-state index contributed by atoms with van der Waals surface area (Å²) in [6.07, 6.45) is 4.06. The fourth-order valence-electron chi connectivity index (χ4n) is 3.18. The number of nitrogens with zero attached hydrogens (tertiary/aromatic N) is 3. The average Bonchev–Trinajstić information content (AvgIpc) is 3.00. The highest BCUT2D eigenvalue weighted by Gasteiger charge is 2.26. The highest BCUT2D eigenvalue weighted by atomic mass is 16.2. The minimum absolute atomic E-state index is 0.173. The summed E-state index contributed by atoms with van der Waals surface area (Å²) in [4.78, 5) is 27.0. The lowest BCUT2D eigenvalue weighted by Gasteiger charge is -2.17. The van der Waals surface area contributed by atoms with E-state index in [0.29, 0.717) is 13.0 Å².